The standard InChI is InChI=1S/C21H21ClN6O2S/c1-13-14(2)31-20(17(13)11-23)25-21(29)28-9-7-27(8-10-28)12-18-24-19(26-30-18)15-3-5-16(22)6-4-15/h3-6H,7-10,12H2,1-2H3,(H,25,29). The molecule has 3 heterocycles. The lowest BCUT2D eigenvalue weighted by Gasteiger charge is -2.33. The van der Waals surface area contributed by atoms with Crippen LogP contribution in [0.2, 0.25) is 5.02 Å². The zero-order chi connectivity index (χ0) is 22.0. The zero-order valence-corrected chi connectivity index (χ0v) is 18.8. The molecule has 2 aromatic heterocycles. The molecule has 4 rings (SSSR count). The molecule has 1 aliphatic heterocycles. The highest BCUT2D eigenvalue weighted by molar-refractivity contribution is 7.16. The Labute approximate surface area is 189 Å². The Bertz CT molecular complexity index is 1130. The third kappa shape index (κ3) is 4.71. The first kappa shape index (κ1) is 21.3. The molecule has 0 bridgehead atoms. The van der Waals surface area contributed by atoms with Crippen molar-refractivity contribution in [1.82, 2.24) is 19.9 Å². The summed E-state index contributed by atoms with van der Waals surface area (Å²) in [6.07, 6.45) is 0. The van der Waals surface area contributed by atoms with E-state index in [1.54, 1.807) is 17.0 Å². The number of nitrogens with zero attached hydrogens (tertiary/aromatic N) is 5. The number of carbonyl (C=O) groups excluding carboxylic acids is 1. The second kappa shape index (κ2) is 9.06. The molecule has 160 valence electrons. The van der Waals surface area contributed by atoms with Gasteiger partial charge in [0.2, 0.25) is 11.7 Å². The lowest BCUT2D eigenvalue weighted by Crippen LogP contribution is -2.49. The highest BCUT2D eigenvalue weighted by Crippen LogP contribution is 2.31. The average molecular weight is 457 g/mol. The maximum Gasteiger partial charge on any atom is 0.322 e. The monoisotopic (exact) mass is 456 g/mol. The molecular weight excluding hydrogens is 436 g/mol. The van der Waals surface area contributed by atoms with Crippen LogP contribution >= 0.6 is 22.9 Å². The highest BCUT2D eigenvalue weighted by Gasteiger charge is 2.24. The lowest BCUT2D eigenvalue weighted by molar-refractivity contribution is 0.133. The van der Waals surface area contributed by atoms with E-state index in [4.69, 9.17) is 16.1 Å². The molecule has 0 saturated carbocycles. The Morgan fingerprint density at radius 2 is 1.97 bits per heavy atom. The first-order valence-electron chi connectivity index (χ1n) is 9.81. The molecule has 8 nitrogen and oxygen atoms in total. The number of amides is 2. The molecule has 3 aromatic rings. The number of piperazine rings is 1. The van der Waals surface area contributed by atoms with E-state index in [0.717, 1.165) is 16.0 Å². The maximum absolute atomic E-state index is 12.6. The van der Waals surface area contributed by atoms with Gasteiger partial charge in [-0.3, -0.25) is 10.2 Å². The normalized spacial score (nSPS) is 14.5. The smallest absolute Gasteiger partial charge is 0.322 e. The van der Waals surface area contributed by atoms with Gasteiger partial charge in [-0.05, 0) is 43.7 Å². The van der Waals surface area contributed by atoms with Crippen LogP contribution in [0.5, 0.6) is 0 Å². The van der Waals surface area contributed by atoms with Crippen molar-refractivity contribution in [3.05, 3.63) is 51.2 Å². The molecule has 0 atom stereocenters. The van der Waals surface area contributed by atoms with Crippen molar-refractivity contribution in [1.29, 1.82) is 5.26 Å². The third-order valence-corrected chi connectivity index (χ3v) is 6.68. The summed E-state index contributed by atoms with van der Waals surface area (Å²) < 4.78 is 5.39. The first-order chi connectivity index (χ1) is 14.9. The average Bonchev–Trinajstić information content (AvgIpc) is 3.33. The van der Waals surface area contributed by atoms with E-state index in [0.29, 0.717) is 60.0 Å². The van der Waals surface area contributed by atoms with Crippen LogP contribution < -0.4 is 5.32 Å². The van der Waals surface area contributed by atoms with Crippen molar-refractivity contribution in [3.63, 3.8) is 0 Å². The first-order valence-corrected chi connectivity index (χ1v) is 11.0. The van der Waals surface area contributed by atoms with E-state index in [1.807, 2.05) is 26.0 Å². The van der Waals surface area contributed by atoms with E-state index in [1.165, 1.54) is 11.3 Å². The minimum absolute atomic E-state index is 0.180. The van der Waals surface area contributed by atoms with Gasteiger partial charge in [0.1, 0.15) is 11.1 Å². The fourth-order valence-electron chi connectivity index (χ4n) is 3.36. The number of benzene rings is 1. The Kier molecular flexibility index (Phi) is 6.23. The third-order valence-electron chi connectivity index (χ3n) is 5.31. The second-order valence-electron chi connectivity index (χ2n) is 7.31. The van der Waals surface area contributed by atoms with Gasteiger partial charge in [-0.25, -0.2) is 4.79 Å². The van der Waals surface area contributed by atoms with Crippen LogP contribution in [0.25, 0.3) is 11.4 Å². The molecule has 0 aliphatic carbocycles. The number of rotatable bonds is 4. The van der Waals surface area contributed by atoms with Gasteiger partial charge in [-0.15, -0.1) is 11.3 Å². The second-order valence-corrected chi connectivity index (χ2v) is 8.97. The Hall–Kier alpha value is -2.93. The van der Waals surface area contributed by atoms with Gasteiger partial charge in [-0.1, -0.05) is 16.8 Å². The van der Waals surface area contributed by atoms with E-state index >= 15 is 0 Å². The molecule has 1 aliphatic rings. The van der Waals surface area contributed by atoms with Crippen LogP contribution in [0.15, 0.2) is 28.8 Å². The fourth-order valence-corrected chi connectivity index (χ4v) is 4.49. The predicted octanol–water partition coefficient (Wildman–Crippen LogP) is 4.29. The van der Waals surface area contributed by atoms with Crippen molar-refractivity contribution >= 4 is 34.0 Å². The molecule has 0 unspecified atom stereocenters. The van der Waals surface area contributed by atoms with Crippen molar-refractivity contribution in [2.75, 3.05) is 31.5 Å². The van der Waals surface area contributed by atoms with Crippen molar-refractivity contribution in [3.8, 4) is 17.5 Å². The largest absolute Gasteiger partial charge is 0.338 e. The summed E-state index contributed by atoms with van der Waals surface area (Å²) in [5.74, 6) is 1.06. The van der Waals surface area contributed by atoms with E-state index < -0.39 is 0 Å². The number of hydrogen-bond acceptors (Lipinski definition) is 7. The summed E-state index contributed by atoms with van der Waals surface area (Å²) in [5.41, 5.74) is 2.31. The number of anilines is 1. The Morgan fingerprint density at radius 3 is 2.65 bits per heavy atom. The number of carbonyl (C=O) groups is 1. The Balaban J connectivity index is 1.31. The SMILES string of the molecule is Cc1sc(NC(=O)N2CCN(Cc3nc(-c4ccc(Cl)cc4)no3)CC2)c(C#N)c1C. The minimum Gasteiger partial charge on any atom is -0.338 e. The van der Waals surface area contributed by atoms with Crippen molar-refractivity contribution < 1.29 is 9.32 Å². The van der Waals surface area contributed by atoms with Crippen LogP contribution in [0, 0.1) is 25.2 Å². The molecule has 1 aromatic carbocycles. The molecule has 0 spiro atoms. The summed E-state index contributed by atoms with van der Waals surface area (Å²) >= 11 is 7.35. The van der Waals surface area contributed by atoms with Crippen molar-refractivity contribution in [2.45, 2.75) is 20.4 Å². The van der Waals surface area contributed by atoms with Gasteiger partial charge in [0, 0.05) is 41.6 Å². The number of nitriles is 1. The van der Waals surface area contributed by atoms with Crippen LogP contribution in [0.1, 0.15) is 21.9 Å². The molecule has 1 N–H and O–H groups in total. The minimum atomic E-state index is -0.180. The van der Waals surface area contributed by atoms with Crippen LogP contribution in [-0.4, -0.2) is 52.2 Å². The molecule has 31 heavy (non-hydrogen) atoms. The van der Waals surface area contributed by atoms with Crippen molar-refractivity contribution in [2.24, 2.45) is 0 Å². The van der Waals surface area contributed by atoms with Crippen LogP contribution in [-0.2, 0) is 6.54 Å². The van der Waals surface area contributed by atoms with Gasteiger partial charge in [-0.2, -0.15) is 10.2 Å². The number of aryl methyl sites for hydroxylation is 1. The summed E-state index contributed by atoms with van der Waals surface area (Å²) in [6, 6.07) is 9.28. The highest BCUT2D eigenvalue weighted by atomic mass is 35.5. The van der Waals surface area contributed by atoms with Crippen LogP contribution in [0.4, 0.5) is 9.80 Å². The number of aromatic nitrogens is 2. The topological polar surface area (TPSA) is 98.3 Å². The lowest BCUT2D eigenvalue weighted by atomic mass is 10.2. The number of urea groups is 1. The summed E-state index contributed by atoms with van der Waals surface area (Å²) in [6.45, 7) is 6.92. The van der Waals surface area contributed by atoms with Gasteiger partial charge in [0.15, 0.2) is 0 Å². The zero-order valence-electron chi connectivity index (χ0n) is 17.2. The Morgan fingerprint density at radius 1 is 1.26 bits per heavy atom. The van der Waals surface area contributed by atoms with Gasteiger partial charge in [0.25, 0.3) is 0 Å². The van der Waals surface area contributed by atoms with Gasteiger partial charge >= 0.3 is 6.03 Å². The summed E-state index contributed by atoms with van der Waals surface area (Å²) in [5, 5.41) is 17.6. The number of nitrogens with one attached hydrogen (secondary N) is 1. The quantitative estimate of drug-likeness (QED) is 0.628. The molecule has 1 fully saturated rings. The summed E-state index contributed by atoms with van der Waals surface area (Å²) in [4.78, 5) is 22.1. The van der Waals surface area contributed by atoms with E-state index in [9.17, 15) is 10.1 Å². The molecule has 0 radical (unpaired) electrons. The van der Waals surface area contributed by atoms with E-state index in [2.05, 4.69) is 26.4 Å². The number of hydrogen-bond donors (Lipinski definition) is 1. The summed E-state index contributed by atoms with van der Waals surface area (Å²) in [7, 11) is 0. The number of halogens is 1. The number of thiophene rings is 1. The molecular formula is C21H21ClN6O2S. The van der Waals surface area contributed by atoms with Gasteiger partial charge in [0.05, 0.1) is 12.1 Å². The molecule has 10 heteroatoms. The van der Waals surface area contributed by atoms with E-state index in [-0.39, 0.29) is 6.03 Å². The fraction of sp³-hybridized carbons (Fsp3) is 0.333. The van der Waals surface area contributed by atoms with Crippen LogP contribution in [0.3, 0.4) is 0 Å². The predicted molar refractivity (Wildman–Crippen MR) is 119 cm³/mol. The van der Waals surface area contributed by atoms with Gasteiger partial charge < -0.3 is 9.42 Å². The molecule has 2 amide bonds. The maximum atomic E-state index is 12.6. The molecule has 1 saturated heterocycles.